The first-order chi connectivity index (χ1) is 17.4. The molecular weight excluding hydrogens is 461 g/mol. The fraction of sp³-hybridized carbons (Fsp3) is 0.370. The predicted molar refractivity (Wildman–Crippen MR) is 135 cm³/mol. The van der Waals surface area contributed by atoms with E-state index in [1.165, 1.54) is 6.07 Å². The number of H-pyrrole nitrogens is 1. The number of aromatic amines is 1. The Bertz CT molecular complexity index is 1280. The Labute approximate surface area is 209 Å². The molecule has 8 nitrogen and oxygen atoms in total. The van der Waals surface area contributed by atoms with Crippen molar-refractivity contribution >= 4 is 17.0 Å². The third-order valence-corrected chi connectivity index (χ3v) is 6.25. The second kappa shape index (κ2) is 11.2. The molecule has 2 N–H and O–H groups in total. The van der Waals surface area contributed by atoms with E-state index in [1.807, 2.05) is 26.0 Å². The maximum atomic E-state index is 13.8. The van der Waals surface area contributed by atoms with Gasteiger partial charge in [-0.25, -0.2) is 19.3 Å². The van der Waals surface area contributed by atoms with Gasteiger partial charge in [-0.1, -0.05) is 13.8 Å². The van der Waals surface area contributed by atoms with Crippen molar-refractivity contribution in [1.82, 2.24) is 24.9 Å². The predicted octanol–water partition coefficient (Wildman–Crippen LogP) is 5.97. The van der Waals surface area contributed by atoms with Crippen LogP contribution in [0.3, 0.4) is 0 Å². The standard InChI is InChI=1S/C25H24FN5O3.C2H6/c1-14-8-21-22(10-19(14)26)31-24(30-21)16-4-7-20(27-11-16)17-12-28-25(29-13-17)34-18-5-2-15(3-6-18)9-23(32)33;1-2/h4,7-8,10-13,15,18H,2-3,5-6,9H2,1H3,(H,30,31)(H,32,33);1-2H3. The average Bonchev–Trinajstić information content (AvgIpc) is 3.29. The highest BCUT2D eigenvalue weighted by Gasteiger charge is 2.24. The van der Waals surface area contributed by atoms with Gasteiger partial charge in [-0.3, -0.25) is 9.78 Å². The topological polar surface area (TPSA) is 114 Å². The van der Waals surface area contributed by atoms with Crippen LogP contribution < -0.4 is 4.74 Å². The molecule has 0 unspecified atom stereocenters. The van der Waals surface area contributed by atoms with E-state index in [0.29, 0.717) is 28.6 Å². The zero-order valence-corrected chi connectivity index (χ0v) is 20.7. The lowest BCUT2D eigenvalue weighted by Crippen LogP contribution is -2.25. The Balaban J connectivity index is 0.00000148. The van der Waals surface area contributed by atoms with Gasteiger partial charge in [0, 0.05) is 42.2 Å². The van der Waals surface area contributed by atoms with Crippen molar-refractivity contribution in [3.63, 3.8) is 0 Å². The summed E-state index contributed by atoms with van der Waals surface area (Å²) in [6.07, 6.45) is 8.57. The molecule has 1 saturated carbocycles. The van der Waals surface area contributed by atoms with Crippen LogP contribution in [0.4, 0.5) is 4.39 Å². The fourth-order valence-corrected chi connectivity index (χ4v) is 4.34. The van der Waals surface area contributed by atoms with Gasteiger partial charge in [0.2, 0.25) is 0 Å². The number of carboxylic acids is 1. The molecule has 4 aromatic rings. The molecule has 0 spiro atoms. The number of halogens is 1. The van der Waals surface area contributed by atoms with E-state index in [0.717, 1.165) is 42.3 Å². The zero-order valence-electron chi connectivity index (χ0n) is 20.7. The molecule has 36 heavy (non-hydrogen) atoms. The Morgan fingerprint density at radius 3 is 2.39 bits per heavy atom. The minimum absolute atomic E-state index is 0.00868. The van der Waals surface area contributed by atoms with Gasteiger partial charge in [-0.05, 0) is 62.3 Å². The van der Waals surface area contributed by atoms with E-state index in [2.05, 4.69) is 24.9 Å². The number of hydrogen-bond donors (Lipinski definition) is 2. The van der Waals surface area contributed by atoms with Gasteiger partial charge in [0.1, 0.15) is 17.7 Å². The quantitative estimate of drug-likeness (QED) is 0.342. The van der Waals surface area contributed by atoms with E-state index < -0.39 is 5.97 Å². The number of imidazole rings is 1. The monoisotopic (exact) mass is 491 g/mol. The first kappa shape index (κ1) is 25.2. The number of aromatic nitrogens is 5. The largest absolute Gasteiger partial charge is 0.481 e. The summed E-state index contributed by atoms with van der Waals surface area (Å²) >= 11 is 0. The van der Waals surface area contributed by atoms with Gasteiger partial charge in [0.25, 0.3) is 0 Å². The van der Waals surface area contributed by atoms with Crippen molar-refractivity contribution in [1.29, 1.82) is 0 Å². The summed E-state index contributed by atoms with van der Waals surface area (Å²) < 4.78 is 19.7. The summed E-state index contributed by atoms with van der Waals surface area (Å²) in [5.74, 6) is -0.179. The van der Waals surface area contributed by atoms with Crippen molar-refractivity contribution in [2.75, 3.05) is 0 Å². The molecule has 3 aromatic heterocycles. The number of hydrogen-bond acceptors (Lipinski definition) is 6. The SMILES string of the molecule is CC.Cc1cc2[nH]c(-c3ccc(-c4cnc(OC5CCC(CC(=O)O)CC5)nc4)nc3)nc2cc1F. The zero-order chi connectivity index (χ0) is 25.7. The number of nitrogens with one attached hydrogen (secondary N) is 1. The lowest BCUT2D eigenvalue weighted by Gasteiger charge is -2.27. The van der Waals surface area contributed by atoms with Crippen LogP contribution in [0.2, 0.25) is 0 Å². The molecule has 1 fully saturated rings. The molecule has 1 aliphatic rings. The minimum atomic E-state index is -0.743. The summed E-state index contributed by atoms with van der Waals surface area (Å²) in [6.45, 7) is 5.72. The Kier molecular flexibility index (Phi) is 7.87. The van der Waals surface area contributed by atoms with E-state index in [1.54, 1.807) is 31.6 Å². The molecule has 0 saturated heterocycles. The number of carboxylic acid groups (broad SMARTS) is 1. The van der Waals surface area contributed by atoms with Crippen molar-refractivity contribution in [3.05, 3.63) is 54.2 Å². The van der Waals surface area contributed by atoms with Crippen molar-refractivity contribution < 1.29 is 19.0 Å². The normalized spacial score (nSPS) is 17.3. The maximum absolute atomic E-state index is 13.8. The van der Waals surface area contributed by atoms with Crippen LogP contribution in [0.15, 0.2) is 42.9 Å². The van der Waals surface area contributed by atoms with Gasteiger partial charge < -0.3 is 14.8 Å². The van der Waals surface area contributed by atoms with Crippen LogP contribution in [0.5, 0.6) is 6.01 Å². The number of fused-ring (bicyclic) bond motifs is 1. The van der Waals surface area contributed by atoms with Crippen LogP contribution in [0, 0.1) is 18.7 Å². The first-order valence-electron chi connectivity index (χ1n) is 12.3. The highest BCUT2D eigenvalue weighted by Crippen LogP contribution is 2.29. The van der Waals surface area contributed by atoms with Crippen molar-refractivity contribution in [2.45, 2.75) is 59.0 Å². The van der Waals surface area contributed by atoms with E-state index in [-0.39, 0.29) is 24.3 Å². The number of carbonyl (C=O) groups is 1. The van der Waals surface area contributed by atoms with E-state index in [4.69, 9.17) is 9.84 Å². The van der Waals surface area contributed by atoms with Crippen LogP contribution in [-0.2, 0) is 4.79 Å². The molecule has 0 atom stereocenters. The van der Waals surface area contributed by atoms with Crippen molar-refractivity contribution in [2.24, 2.45) is 5.92 Å². The van der Waals surface area contributed by atoms with Crippen LogP contribution in [-0.4, -0.2) is 42.1 Å². The van der Waals surface area contributed by atoms with Crippen molar-refractivity contribution in [3.8, 4) is 28.7 Å². The molecular formula is C27H30FN5O3. The molecule has 9 heteroatoms. The molecule has 5 rings (SSSR count). The maximum Gasteiger partial charge on any atom is 0.316 e. The van der Waals surface area contributed by atoms with Gasteiger partial charge in [-0.15, -0.1) is 0 Å². The third-order valence-electron chi connectivity index (χ3n) is 6.25. The van der Waals surface area contributed by atoms with Gasteiger partial charge in [0.15, 0.2) is 0 Å². The molecule has 188 valence electrons. The van der Waals surface area contributed by atoms with Gasteiger partial charge >= 0.3 is 12.0 Å². The third kappa shape index (κ3) is 5.84. The smallest absolute Gasteiger partial charge is 0.316 e. The number of aliphatic carboxylic acids is 1. The molecule has 0 bridgehead atoms. The molecule has 1 aromatic carbocycles. The summed E-state index contributed by atoms with van der Waals surface area (Å²) in [5, 5.41) is 8.93. The second-order valence-corrected chi connectivity index (χ2v) is 8.75. The molecule has 0 amide bonds. The number of rotatable bonds is 6. The number of aryl methyl sites for hydroxylation is 1. The minimum Gasteiger partial charge on any atom is -0.481 e. The number of nitrogens with zero attached hydrogens (tertiary/aromatic N) is 4. The fourth-order valence-electron chi connectivity index (χ4n) is 4.34. The lowest BCUT2D eigenvalue weighted by molar-refractivity contribution is -0.138. The molecule has 0 aliphatic heterocycles. The summed E-state index contributed by atoms with van der Waals surface area (Å²) in [5.41, 5.74) is 4.17. The molecule has 0 radical (unpaired) electrons. The van der Waals surface area contributed by atoms with Crippen LogP contribution in [0.1, 0.15) is 51.5 Å². The number of benzene rings is 1. The second-order valence-electron chi connectivity index (χ2n) is 8.75. The summed E-state index contributed by atoms with van der Waals surface area (Å²) in [6, 6.07) is 7.23. The van der Waals surface area contributed by atoms with Gasteiger partial charge in [0.05, 0.1) is 16.7 Å². The summed E-state index contributed by atoms with van der Waals surface area (Å²) in [7, 11) is 0. The average molecular weight is 492 g/mol. The van der Waals surface area contributed by atoms with Gasteiger partial charge in [-0.2, -0.15) is 0 Å². The van der Waals surface area contributed by atoms with Crippen LogP contribution in [0.25, 0.3) is 33.7 Å². The Morgan fingerprint density at radius 2 is 1.75 bits per heavy atom. The van der Waals surface area contributed by atoms with E-state index >= 15 is 0 Å². The number of ether oxygens (including phenoxy) is 1. The van der Waals surface area contributed by atoms with E-state index in [9.17, 15) is 9.18 Å². The highest BCUT2D eigenvalue weighted by molar-refractivity contribution is 5.80. The molecule has 1 aliphatic carbocycles. The first-order valence-corrected chi connectivity index (χ1v) is 12.3. The highest BCUT2D eigenvalue weighted by atomic mass is 19.1. The van der Waals surface area contributed by atoms with Crippen LogP contribution >= 0.6 is 0 Å². The lowest BCUT2D eigenvalue weighted by atomic mass is 9.85. The summed E-state index contributed by atoms with van der Waals surface area (Å²) in [4.78, 5) is 31.7. The Morgan fingerprint density at radius 1 is 1.06 bits per heavy atom. The number of pyridine rings is 1. The Hall–Kier alpha value is -3.88. The molecule has 3 heterocycles.